The number of likely N-dealkylation sites (tertiary alicyclic amines) is 1. The lowest BCUT2D eigenvalue weighted by Crippen LogP contribution is -2.23. The summed E-state index contributed by atoms with van der Waals surface area (Å²) in [6.07, 6.45) is 1.53. The molecule has 1 saturated heterocycles. The first kappa shape index (κ1) is 19.5. The van der Waals surface area contributed by atoms with Crippen molar-refractivity contribution in [3.05, 3.63) is 47.5 Å². The van der Waals surface area contributed by atoms with Gasteiger partial charge >= 0.3 is 0 Å². The molecule has 0 aliphatic carbocycles. The van der Waals surface area contributed by atoms with Crippen molar-refractivity contribution in [3.63, 3.8) is 0 Å². The summed E-state index contributed by atoms with van der Waals surface area (Å²) in [6, 6.07) is 10.6. The predicted octanol–water partition coefficient (Wildman–Crippen LogP) is 3.09. The lowest BCUT2D eigenvalue weighted by molar-refractivity contribution is -0.128. The van der Waals surface area contributed by atoms with E-state index in [0.29, 0.717) is 41.5 Å². The van der Waals surface area contributed by atoms with Crippen molar-refractivity contribution in [2.45, 2.75) is 19.4 Å². The van der Waals surface area contributed by atoms with E-state index >= 15 is 0 Å². The van der Waals surface area contributed by atoms with Gasteiger partial charge in [-0.2, -0.15) is 0 Å². The van der Waals surface area contributed by atoms with Crippen LogP contribution >= 0.6 is 0 Å². The third-order valence-electron chi connectivity index (χ3n) is 4.68. The van der Waals surface area contributed by atoms with Crippen molar-refractivity contribution >= 4 is 17.5 Å². The molecule has 148 valence electrons. The molecule has 0 unspecified atom stereocenters. The van der Waals surface area contributed by atoms with E-state index in [-0.39, 0.29) is 11.8 Å². The van der Waals surface area contributed by atoms with Gasteiger partial charge in [0.2, 0.25) is 11.7 Å². The molecular weight excluding hydrogens is 360 g/mol. The Morgan fingerprint density at radius 1 is 1.04 bits per heavy atom. The summed E-state index contributed by atoms with van der Waals surface area (Å²) >= 11 is 0. The van der Waals surface area contributed by atoms with Crippen LogP contribution in [0.25, 0.3) is 0 Å². The molecule has 3 rings (SSSR count). The number of methoxy groups -OCH3 is 3. The molecule has 0 spiro atoms. The Hall–Kier alpha value is -3.22. The summed E-state index contributed by atoms with van der Waals surface area (Å²) in [5.74, 6) is 1.32. The number of hydrogen-bond donors (Lipinski definition) is 1. The lowest BCUT2D eigenvalue weighted by atomic mass is 10.1. The minimum atomic E-state index is -0.252. The van der Waals surface area contributed by atoms with Crippen LogP contribution < -0.4 is 19.5 Å². The minimum Gasteiger partial charge on any atom is -0.493 e. The van der Waals surface area contributed by atoms with Gasteiger partial charge in [-0.15, -0.1) is 0 Å². The second kappa shape index (κ2) is 8.65. The molecule has 2 amide bonds. The lowest BCUT2D eigenvalue weighted by Gasteiger charge is -2.16. The van der Waals surface area contributed by atoms with Crippen LogP contribution in [-0.2, 0) is 11.3 Å². The third kappa shape index (κ3) is 4.19. The molecule has 2 aromatic rings. The highest BCUT2D eigenvalue weighted by Crippen LogP contribution is 2.40. The van der Waals surface area contributed by atoms with Gasteiger partial charge in [0.25, 0.3) is 5.91 Å². The average Bonchev–Trinajstić information content (AvgIpc) is 3.12. The molecule has 1 heterocycles. The molecule has 28 heavy (non-hydrogen) atoms. The minimum absolute atomic E-state index is 0.184. The molecular formula is C21H24N2O5. The number of rotatable bonds is 7. The number of anilines is 1. The van der Waals surface area contributed by atoms with Crippen LogP contribution in [0.5, 0.6) is 17.2 Å². The van der Waals surface area contributed by atoms with E-state index in [4.69, 9.17) is 14.2 Å². The van der Waals surface area contributed by atoms with Gasteiger partial charge in [-0.1, -0.05) is 12.1 Å². The molecule has 0 bridgehead atoms. The summed E-state index contributed by atoms with van der Waals surface area (Å²) in [4.78, 5) is 26.2. The van der Waals surface area contributed by atoms with Crippen LogP contribution in [0.1, 0.15) is 28.8 Å². The van der Waals surface area contributed by atoms with Gasteiger partial charge in [-0.25, -0.2) is 0 Å². The van der Waals surface area contributed by atoms with Crippen molar-refractivity contribution in [2.24, 2.45) is 0 Å². The fraction of sp³-hybridized carbons (Fsp3) is 0.333. The first-order valence-electron chi connectivity index (χ1n) is 9.03. The molecule has 1 aliphatic rings. The van der Waals surface area contributed by atoms with Crippen LogP contribution in [0.3, 0.4) is 0 Å². The van der Waals surface area contributed by atoms with Gasteiger partial charge in [0, 0.05) is 42.9 Å². The highest BCUT2D eigenvalue weighted by Gasteiger charge is 2.20. The standard InChI is InChI=1S/C21H24N2O5/c1-26-17-11-16(12-18(27-2)20(17)28-3)22-21(25)15-8-6-14(7-9-15)13-23-10-4-5-19(23)24/h6-9,11-12H,4-5,10,13H2,1-3H3,(H,22,25). The zero-order valence-corrected chi connectivity index (χ0v) is 16.3. The highest BCUT2D eigenvalue weighted by atomic mass is 16.5. The van der Waals surface area contributed by atoms with E-state index in [0.717, 1.165) is 18.5 Å². The molecule has 7 nitrogen and oxygen atoms in total. The Bertz CT molecular complexity index is 839. The van der Waals surface area contributed by atoms with E-state index in [1.807, 2.05) is 17.0 Å². The van der Waals surface area contributed by atoms with Crippen LogP contribution in [-0.4, -0.2) is 44.6 Å². The van der Waals surface area contributed by atoms with Crippen LogP contribution in [0, 0.1) is 0 Å². The van der Waals surface area contributed by atoms with E-state index in [1.54, 1.807) is 24.3 Å². The molecule has 2 aromatic carbocycles. The predicted molar refractivity (Wildman–Crippen MR) is 105 cm³/mol. The fourth-order valence-corrected chi connectivity index (χ4v) is 3.21. The normalized spacial score (nSPS) is 13.4. The topological polar surface area (TPSA) is 77.1 Å². The summed E-state index contributed by atoms with van der Waals surface area (Å²) in [5.41, 5.74) is 2.05. The zero-order valence-electron chi connectivity index (χ0n) is 16.3. The number of ether oxygens (including phenoxy) is 3. The molecule has 1 fully saturated rings. The number of carbonyl (C=O) groups is 2. The molecule has 0 radical (unpaired) electrons. The number of carbonyl (C=O) groups excluding carboxylic acids is 2. The largest absolute Gasteiger partial charge is 0.493 e. The maximum absolute atomic E-state index is 12.6. The van der Waals surface area contributed by atoms with Gasteiger partial charge in [0.1, 0.15) is 0 Å². The van der Waals surface area contributed by atoms with E-state index in [9.17, 15) is 9.59 Å². The van der Waals surface area contributed by atoms with Gasteiger partial charge in [-0.3, -0.25) is 9.59 Å². The van der Waals surface area contributed by atoms with E-state index in [2.05, 4.69) is 5.32 Å². The SMILES string of the molecule is COc1cc(NC(=O)c2ccc(CN3CCCC3=O)cc2)cc(OC)c1OC. The van der Waals surface area contributed by atoms with Crippen molar-refractivity contribution in [2.75, 3.05) is 33.2 Å². The number of amides is 2. The van der Waals surface area contributed by atoms with Gasteiger partial charge in [0.05, 0.1) is 21.3 Å². The van der Waals surface area contributed by atoms with Crippen LogP contribution in [0.15, 0.2) is 36.4 Å². The number of benzene rings is 2. The molecule has 0 aromatic heterocycles. The number of nitrogens with zero attached hydrogens (tertiary/aromatic N) is 1. The van der Waals surface area contributed by atoms with Crippen LogP contribution in [0.2, 0.25) is 0 Å². The summed E-state index contributed by atoms with van der Waals surface area (Å²) in [5, 5.41) is 2.84. The van der Waals surface area contributed by atoms with Gasteiger partial charge in [-0.05, 0) is 24.1 Å². The van der Waals surface area contributed by atoms with E-state index in [1.165, 1.54) is 21.3 Å². The fourth-order valence-electron chi connectivity index (χ4n) is 3.21. The van der Waals surface area contributed by atoms with Crippen molar-refractivity contribution in [3.8, 4) is 17.2 Å². The quantitative estimate of drug-likeness (QED) is 0.794. The first-order chi connectivity index (χ1) is 13.5. The second-order valence-electron chi connectivity index (χ2n) is 6.48. The number of nitrogens with one attached hydrogen (secondary N) is 1. The first-order valence-corrected chi connectivity index (χ1v) is 9.03. The average molecular weight is 384 g/mol. The Labute approximate surface area is 164 Å². The van der Waals surface area contributed by atoms with Crippen LogP contribution in [0.4, 0.5) is 5.69 Å². The highest BCUT2D eigenvalue weighted by molar-refractivity contribution is 6.04. The second-order valence-corrected chi connectivity index (χ2v) is 6.48. The van der Waals surface area contributed by atoms with Crippen molar-refractivity contribution in [1.29, 1.82) is 0 Å². The molecule has 0 saturated carbocycles. The van der Waals surface area contributed by atoms with Gasteiger partial charge < -0.3 is 24.4 Å². The van der Waals surface area contributed by atoms with E-state index < -0.39 is 0 Å². The summed E-state index contributed by atoms with van der Waals surface area (Å²) in [7, 11) is 4.56. The molecule has 0 atom stereocenters. The number of hydrogen-bond acceptors (Lipinski definition) is 5. The van der Waals surface area contributed by atoms with Gasteiger partial charge in [0.15, 0.2) is 11.5 Å². The van der Waals surface area contributed by atoms with Crippen molar-refractivity contribution in [1.82, 2.24) is 4.90 Å². The molecule has 1 aliphatic heterocycles. The zero-order chi connectivity index (χ0) is 20.1. The smallest absolute Gasteiger partial charge is 0.255 e. The summed E-state index contributed by atoms with van der Waals surface area (Å²) < 4.78 is 15.9. The maximum Gasteiger partial charge on any atom is 0.255 e. The Morgan fingerprint density at radius 3 is 2.18 bits per heavy atom. The molecule has 7 heteroatoms. The maximum atomic E-state index is 12.6. The molecule has 1 N–H and O–H groups in total. The summed E-state index contributed by atoms with van der Waals surface area (Å²) in [6.45, 7) is 1.37. The third-order valence-corrected chi connectivity index (χ3v) is 4.68. The Balaban J connectivity index is 1.71. The monoisotopic (exact) mass is 384 g/mol. The Morgan fingerprint density at radius 2 is 1.68 bits per heavy atom. The Kier molecular flexibility index (Phi) is 6.03. The van der Waals surface area contributed by atoms with Crippen molar-refractivity contribution < 1.29 is 23.8 Å².